The molecule has 0 fully saturated rings. The smallest absolute Gasteiger partial charge is 0.130 e. The summed E-state index contributed by atoms with van der Waals surface area (Å²) in [5, 5.41) is 0. The van der Waals surface area contributed by atoms with E-state index in [2.05, 4.69) is 4.99 Å². The van der Waals surface area contributed by atoms with Gasteiger partial charge in [-0.1, -0.05) is 30.3 Å². The van der Waals surface area contributed by atoms with Gasteiger partial charge in [-0.15, -0.1) is 0 Å². The van der Waals surface area contributed by atoms with Crippen LogP contribution in [0.2, 0.25) is 0 Å². The van der Waals surface area contributed by atoms with Crippen molar-refractivity contribution in [3.63, 3.8) is 0 Å². The van der Waals surface area contributed by atoms with Gasteiger partial charge in [0.25, 0.3) is 0 Å². The second kappa shape index (κ2) is 5.47. The summed E-state index contributed by atoms with van der Waals surface area (Å²) in [4.78, 5) is 4.25. The van der Waals surface area contributed by atoms with Crippen LogP contribution in [0.3, 0.4) is 0 Å². The number of methoxy groups -OCH3 is 1. The van der Waals surface area contributed by atoms with E-state index in [1.807, 2.05) is 36.4 Å². The van der Waals surface area contributed by atoms with Crippen molar-refractivity contribution in [2.24, 2.45) is 4.99 Å². The first-order chi connectivity index (χ1) is 7.90. The second-order valence-electron chi connectivity index (χ2n) is 3.59. The van der Waals surface area contributed by atoms with Crippen LogP contribution >= 0.6 is 0 Å². The minimum atomic E-state index is 0.0220. The minimum absolute atomic E-state index is 0.0220. The Labute approximate surface area is 95.4 Å². The molecule has 1 atom stereocenters. The van der Waals surface area contributed by atoms with Crippen LogP contribution in [-0.2, 0) is 16.1 Å². The Morgan fingerprint density at radius 3 is 2.81 bits per heavy atom. The molecule has 1 aromatic rings. The fraction of sp³-hybridized carbons (Fsp3) is 0.308. The van der Waals surface area contributed by atoms with Crippen molar-refractivity contribution < 1.29 is 9.47 Å². The number of aliphatic imine (C=N–C) groups is 1. The number of hydrogen-bond acceptors (Lipinski definition) is 3. The van der Waals surface area contributed by atoms with Crippen molar-refractivity contribution in [2.45, 2.75) is 12.6 Å². The Hall–Kier alpha value is -1.61. The number of allylic oxidation sites excluding steroid dienone is 1. The van der Waals surface area contributed by atoms with Crippen LogP contribution in [0, 0.1) is 0 Å². The summed E-state index contributed by atoms with van der Waals surface area (Å²) in [6.07, 6.45) is 3.63. The van der Waals surface area contributed by atoms with Gasteiger partial charge in [-0.3, -0.25) is 4.99 Å². The van der Waals surface area contributed by atoms with Gasteiger partial charge in [0.2, 0.25) is 0 Å². The zero-order valence-corrected chi connectivity index (χ0v) is 9.30. The Bertz CT molecular complexity index is 384. The average Bonchev–Trinajstić information content (AvgIpc) is 2.78. The molecular formula is C13H15NO2. The predicted octanol–water partition coefficient (Wildman–Crippen LogP) is 2.19. The van der Waals surface area contributed by atoms with Crippen molar-refractivity contribution in [1.82, 2.24) is 0 Å². The third kappa shape index (κ3) is 2.70. The number of hydrogen-bond donors (Lipinski definition) is 0. The number of nitrogens with zero attached hydrogens (tertiary/aromatic N) is 1. The molecule has 0 saturated heterocycles. The summed E-state index contributed by atoms with van der Waals surface area (Å²) < 4.78 is 10.8. The van der Waals surface area contributed by atoms with E-state index in [0.717, 1.165) is 5.76 Å². The van der Waals surface area contributed by atoms with E-state index in [0.29, 0.717) is 13.2 Å². The van der Waals surface area contributed by atoms with Crippen LogP contribution in [0.15, 0.2) is 47.2 Å². The SMILES string of the molecule is COC1=CC=NC1COCc1ccccc1. The van der Waals surface area contributed by atoms with Crippen molar-refractivity contribution in [3.8, 4) is 0 Å². The molecule has 1 aliphatic rings. The van der Waals surface area contributed by atoms with Gasteiger partial charge < -0.3 is 9.47 Å². The van der Waals surface area contributed by atoms with Crippen LogP contribution in [0.4, 0.5) is 0 Å². The number of ether oxygens (including phenoxy) is 2. The number of rotatable bonds is 5. The average molecular weight is 217 g/mol. The van der Waals surface area contributed by atoms with Gasteiger partial charge in [0, 0.05) is 6.21 Å². The lowest BCUT2D eigenvalue weighted by Gasteiger charge is -2.12. The molecule has 16 heavy (non-hydrogen) atoms. The molecular weight excluding hydrogens is 202 g/mol. The molecule has 3 nitrogen and oxygen atoms in total. The monoisotopic (exact) mass is 217 g/mol. The van der Waals surface area contributed by atoms with Crippen LogP contribution in [0.5, 0.6) is 0 Å². The molecule has 1 aromatic carbocycles. The molecule has 0 amide bonds. The van der Waals surface area contributed by atoms with Gasteiger partial charge in [-0.2, -0.15) is 0 Å². The highest BCUT2D eigenvalue weighted by Gasteiger charge is 2.16. The molecule has 0 radical (unpaired) electrons. The lowest BCUT2D eigenvalue weighted by atomic mass is 10.2. The summed E-state index contributed by atoms with van der Waals surface area (Å²) in [6.45, 7) is 1.18. The van der Waals surface area contributed by atoms with Gasteiger partial charge in [0.05, 0.1) is 20.3 Å². The Morgan fingerprint density at radius 1 is 1.25 bits per heavy atom. The fourth-order valence-electron chi connectivity index (χ4n) is 1.60. The van der Waals surface area contributed by atoms with E-state index >= 15 is 0 Å². The molecule has 0 aliphatic carbocycles. The first-order valence-corrected chi connectivity index (χ1v) is 5.29. The normalized spacial score (nSPS) is 18.6. The molecule has 3 heteroatoms. The lowest BCUT2D eigenvalue weighted by Crippen LogP contribution is -2.15. The molecule has 1 unspecified atom stereocenters. The third-order valence-corrected chi connectivity index (χ3v) is 2.46. The highest BCUT2D eigenvalue weighted by molar-refractivity contribution is 5.75. The van der Waals surface area contributed by atoms with Gasteiger partial charge in [0.15, 0.2) is 0 Å². The molecule has 2 rings (SSSR count). The topological polar surface area (TPSA) is 30.8 Å². The summed E-state index contributed by atoms with van der Waals surface area (Å²) in [6, 6.07) is 10.1. The maximum atomic E-state index is 5.60. The molecule has 1 heterocycles. The van der Waals surface area contributed by atoms with Crippen LogP contribution in [-0.4, -0.2) is 26.0 Å². The van der Waals surface area contributed by atoms with Crippen LogP contribution in [0.25, 0.3) is 0 Å². The van der Waals surface area contributed by atoms with Crippen LogP contribution < -0.4 is 0 Å². The molecule has 0 N–H and O–H groups in total. The van der Waals surface area contributed by atoms with E-state index in [9.17, 15) is 0 Å². The fourth-order valence-corrected chi connectivity index (χ4v) is 1.60. The van der Waals surface area contributed by atoms with Crippen molar-refractivity contribution in [2.75, 3.05) is 13.7 Å². The van der Waals surface area contributed by atoms with Crippen LogP contribution in [0.1, 0.15) is 5.56 Å². The summed E-state index contributed by atoms with van der Waals surface area (Å²) in [7, 11) is 1.66. The molecule has 0 saturated carbocycles. The van der Waals surface area contributed by atoms with Crippen molar-refractivity contribution in [1.29, 1.82) is 0 Å². The largest absolute Gasteiger partial charge is 0.499 e. The molecule has 1 aliphatic heterocycles. The lowest BCUT2D eigenvalue weighted by molar-refractivity contribution is 0.102. The highest BCUT2D eigenvalue weighted by Crippen LogP contribution is 2.13. The van der Waals surface area contributed by atoms with Gasteiger partial charge in [-0.25, -0.2) is 0 Å². The van der Waals surface area contributed by atoms with E-state index in [-0.39, 0.29) is 6.04 Å². The van der Waals surface area contributed by atoms with E-state index < -0.39 is 0 Å². The predicted molar refractivity (Wildman–Crippen MR) is 63.5 cm³/mol. The standard InChI is InChI=1S/C13H15NO2/c1-15-13-7-8-14-12(13)10-16-9-11-5-3-2-4-6-11/h2-8,12H,9-10H2,1H3. The van der Waals surface area contributed by atoms with Crippen molar-refractivity contribution >= 4 is 6.21 Å². The maximum Gasteiger partial charge on any atom is 0.130 e. The van der Waals surface area contributed by atoms with Gasteiger partial charge >= 0.3 is 0 Å². The van der Waals surface area contributed by atoms with Gasteiger partial charge in [0.1, 0.15) is 11.8 Å². The molecule has 0 spiro atoms. The Balaban J connectivity index is 1.77. The molecule has 84 valence electrons. The summed E-state index contributed by atoms with van der Waals surface area (Å²) in [5.41, 5.74) is 1.17. The zero-order chi connectivity index (χ0) is 11.2. The van der Waals surface area contributed by atoms with E-state index in [4.69, 9.17) is 9.47 Å². The quantitative estimate of drug-likeness (QED) is 0.757. The zero-order valence-electron chi connectivity index (χ0n) is 9.30. The first-order valence-electron chi connectivity index (χ1n) is 5.29. The summed E-state index contributed by atoms with van der Waals surface area (Å²) >= 11 is 0. The number of benzene rings is 1. The maximum absolute atomic E-state index is 5.60. The van der Waals surface area contributed by atoms with E-state index in [1.54, 1.807) is 13.3 Å². The highest BCUT2D eigenvalue weighted by atomic mass is 16.5. The minimum Gasteiger partial charge on any atom is -0.499 e. The van der Waals surface area contributed by atoms with Gasteiger partial charge in [-0.05, 0) is 11.6 Å². The molecule has 0 aromatic heterocycles. The Kier molecular flexibility index (Phi) is 3.72. The molecule has 0 bridgehead atoms. The van der Waals surface area contributed by atoms with E-state index in [1.165, 1.54) is 5.56 Å². The second-order valence-corrected chi connectivity index (χ2v) is 3.59. The summed E-state index contributed by atoms with van der Waals surface area (Å²) in [5.74, 6) is 0.869. The Morgan fingerprint density at radius 2 is 2.06 bits per heavy atom. The first kappa shape index (κ1) is 10.9. The van der Waals surface area contributed by atoms with Crippen molar-refractivity contribution in [3.05, 3.63) is 47.7 Å². The third-order valence-electron chi connectivity index (χ3n) is 2.46.